The molecular formula is C16H23ClN2O. The summed E-state index contributed by atoms with van der Waals surface area (Å²) in [4.78, 5) is 12.7. The van der Waals surface area contributed by atoms with Crippen molar-refractivity contribution in [1.29, 1.82) is 0 Å². The van der Waals surface area contributed by atoms with Gasteiger partial charge < -0.3 is 10.6 Å². The van der Waals surface area contributed by atoms with Crippen LogP contribution < -0.4 is 10.6 Å². The number of hydrogen-bond donors (Lipinski definition) is 2. The Morgan fingerprint density at radius 1 is 1.50 bits per heavy atom. The third kappa shape index (κ3) is 3.15. The number of piperidine rings is 1. The Bertz CT molecular complexity index is 469. The average Bonchev–Trinajstić information content (AvgIpc) is 2.48. The lowest BCUT2D eigenvalue weighted by Gasteiger charge is -2.36. The first-order chi connectivity index (χ1) is 9.59. The van der Waals surface area contributed by atoms with Crippen LogP contribution >= 0.6 is 11.6 Å². The number of halogens is 1. The molecule has 2 atom stereocenters. The second-order valence-corrected chi connectivity index (χ2v) is 6.04. The second kappa shape index (κ2) is 6.59. The highest BCUT2D eigenvalue weighted by Gasteiger charge is 2.38. The van der Waals surface area contributed by atoms with Gasteiger partial charge in [0.15, 0.2) is 0 Å². The molecule has 1 saturated heterocycles. The number of benzene rings is 1. The van der Waals surface area contributed by atoms with E-state index in [1.165, 1.54) is 0 Å². The molecule has 0 spiro atoms. The highest BCUT2D eigenvalue weighted by molar-refractivity contribution is 6.31. The van der Waals surface area contributed by atoms with E-state index in [9.17, 15) is 4.79 Å². The predicted molar refractivity (Wildman–Crippen MR) is 82.8 cm³/mol. The quantitative estimate of drug-likeness (QED) is 0.894. The minimum Gasteiger partial charge on any atom is -0.349 e. The van der Waals surface area contributed by atoms with E-state index in [1.54, 1.807) is 0 Å². The van der Waals surface area contributed by atoms with Crippen molar-refractivity contribution >= 4 is 17.5 Å². The molecule has 0 bridgehead atoms. The molecule has 1 aromatic carbocycles. The van der Waals surface area contributed by atoms with E-state index < -0.39 is 0 Å². The summed E-state index contributed by atoms with van der Waals surface area (Å²) in [6, 6.07) is 7.60. The summed E-state index contributed by atoms with van der Waals surface area (Å²) in [5.41, 5.74) is 0.700. The van der Waals surface area contributed by atoms with Gasteiger partial charge in [-0.1, -0.05) is 36.7 Å². The molecule has 1 aliphatic rings. The Balaban J connectivity index is 2.08. The van der Waals surface area contributed by atoms with Crippen LogP contribution in [-0.2, 0) is 4.79 Å². The molecule has 1 amide bonds. The van der Waals surface area contributed by atoms with Gasteiger partial charge in [0, 0.05) is 11.6 Å². The molecule has 2 rings (SSSR count). The van der Waals surface area contributed by atoms with Crippen LogP contribution in [0.15, 0.2) is 24.3 Å². The maximum atomic E-state index is 12.7. The van der Waals surface area contributed by atoms with Gasteiger partial charge in [0.05, 0.1) is 11.5 Å². The van der Waals surface area contributed by atoms with Crippen LogP contribution in [0.1, 0.15) is 44.7 Å². The molecule has 20 heavy (non-hydrogen) atoms. The molecular weight excluding hydrogens is 272 g/mol. The van der Waals surface area contributed by atoms with Gasteiger partial charge in [-0.2, -0.15) is 0 Å². The van der Waals surface area contributed by atoms with E-state index in [-0.39, 0.29) is 17.4 Å². The molecule has 1 heterocycles. The molecule has 2 unspecified atom stereocenters. The minimum absolute atomic E-state index is 0.0680. The Morgan fingerprint density at radius 2 is 2.25 bits per heavy atom. The fourth-order valence-corrected chi connectivity index (χ4v) is 3.18. The summed E-state index contributed by atoms with van der Waals surface area (Å²) in [5.74, 6) is 0.139. The molecule has 110 valence electrons. The van der Waals surface area contributed by atoms with Crippen LogP contribution in [-0.4, -0.2) is 19.0 Å². The van der Waals surface area contributed by atoms with Gasteiger partial charge in [0.25, 0.3) is 0 Å². The zero-order valence-corrected chi connectivity index (χ0v) is 13.0. The Hall–Kier alpha value is -1.06. The first kappa shape index (κ1) is 15.3. The summed E-state index contributed by atoms with van der Waals surface area (Å²) in [7, 11) is 0. The third-order valence-corrected chi connectivity index (χ3v) is 4.69. The molecule has 2 N–H and O–H groups in total. The number of carbonyl (C=O) groups excluding carboxylic acids is 1. The normalized spacial score (nSPS) is 24.1. The summed E-state index contributed by atoms with van der Waals surface area (Å²) in [6.07, 6.45) is 2.88. The summed E-state index contributed by atoms with van der Waals surface area (Å²) < 4.78 is 0. The monoisotopic (exact) mass is 294 g/mol. The van der Waals surface area contributed by atoms with Crippen molar-refractivity contribution in [3.8, 4) is 0 Å². The van der Waals surface area contributed by atoms with Gasteiger partial charge in [-0.25, -0.2) is 0 Å². The fourth-order valence-electron chi connectivity index (χ4n) is 2.88. The van der Waals surface area contributed by atoms with Crippen molar-refractivity contribution in [2.75, 3.05) is 13.1 Å². The molecule has 0 radical (unpaired) electrons. The number of amides is 1. The largest absolute Gasteiger partial charge is 0.349 e. The fraction of sp³-hybridized carbons (Fsp3) is 0.562. The topological polar surface area (TPSA) is 41.1 Å². The highest BCUT2D eigenvalue weighted by Crippen LogP contribution is 2.31. The first-order valence-corrected chi connectivity index (χ1v) is 7.73. The number of carbonyl (C=O) groups is 1. The van der Waals surface area contributed by atoms with Gasteiger partial charge in [0.2, 0.25) is 5.91 Å². The van der Waals surface area contributed by atoms with Crippen molar-refractivity contribution in [2.24, 2.45) is 5.41 Å². The van der Waals surface area contributed by atoms with E-state index >= 15 is 0 Å². The Morgan fingerprint density at radius 3 is 2.85 bits per heavy atom. The summed E-state index contributed by atoms with van der Waals surface area (Å²) in [5, 5.41) is 7.18. The van der Waals surface area contributed by atoms with Crippen LogP contribution in [0.4, 0.5) is 0 Å². The van der Waals surface area contributed by atoms with E-state index in [0.29, 0.717) is 5.02 Å². The smallest absolute Gasteiger partial charge is 0.227 e. The van der Waals surface area contributed by atoms with E-state index in [4.69, 9.17) is 11.6 Å². The predicted octanol–water partition coefficient (Wildman–Crippen LogP) is 3.30. The molecule has 3 nitrogen and oxygen atoms in total. The zero-order valence-electron chi connectivity index (χ0n) is 12.2. The van der Waals surface area contributed by atoms with Crippen molar-refractivity contribution in [3.63, 3.8) is 0 Å². The summed E-state index contributed by atoms with van der Waals surface area (Å²) >= 11 is 6.19. The maximum absolute atomic E-state index is 12.7. The maximum Gasteiger partial charge on any atom is 0.227 e. The Kier molecular flexibility index (Phi) is 5.06. The molecule has 0 aromatic heterocycles. The highest BCUT2D eigenvalue weighted by atomic mass is 35.5. The van der Waals surface area contributed by atoms with Crippen molar-refractivity contribution < 1.29 is 4.79 Å². The van der Waals surface area contributed by atoms with Crippen LogP contribution in [0.25, 0.3) is 0 Å². The van der Waals surface area contributed by atoms with Crippen molar-refractivity contribution in [2.45, 2.75) is 39.2 Å². The van der Waals surface area contributed by atoms with E-state index in [0.717, 1.165) is 37.9 Å². The number of nitrogens with one attached hydrogen (secondary N) is 2. The van der Waals surface area contributed by atoms with Crippen LogP contribution in [0, 0.1) is 5.41 Å². The molecule has 1 aliphatic heterocycles. The lowest BCUT2D eigenvalue weighted by Crippen LogP contribution is -2.50. The lowest BCUT2D eigenvalue weighted by molar-refractivity contribution is -0.133. The van der Waals surface area contributed by atoms with E-state index in [1.807, 2.05) is 31.2 Å². The van der Waals surface area contributed by atoms with Crippen molar-refractivity contribution in [3.05, 3.63) is 34.9 Å². The molecule has 1 aromatic rings. The van der Waals surface area contributed by atoms with E-state index in [2.05, 4.69) is 17.6 Å². The standard InChI is InChI=1S/C16H23ClN2O/c1-3-16(9-6-10-18-11-16)15(20)19-12(2)13-7-4-5-8-14(13)17/h4-5,7-8,12,18H,3,6,9-11H2,1-2H3,(H,19,20). The first-order valence-electron chi connectivity index (χ1n) is 7.35. The van der Waals surface area contributed by atoms with Gasteiger partial charge in [-0.15, -0.1) is 0 Å². The second-order valence-electron chi connectivity index (χ2n) is 5.63. The van der Waals surface area contributed by atoms with Crippen LogP contribution in [0.3, 0.4) is 0 Å². The zero-order chi connectivity index (χ0) is 14.6. The van der Waals surface area contributed by atoms with Gasteiger partial charge >= 0.3 is 0 Å². The van der Waals surface area contributed by atoms with Crippen LogP contribution in [0.5, 0.6) is 0 Å². The van der Waals surface area contributed by atoms with Crippen molar-refractivity contribution in [1.82, 2.24) is 10.6 Å². The van der Waals surface area contributed by atoms with Crippen LogP contribution in [0.2, 0.25) is 5.02 Å². The SMILES string of the molecule is CCC1(C(=O)NC(C)c2ccccc2Cl)CCCNC1. The lowest BCUT2D eigenvalue weighted by atomic mass is 9.77. The molecule has 4 heteroatoms. The number of rotatable bonds is 4. The molecule has 0 aliphatic carbocycles. The third-order valence-electron chi connectivity index (χ3n) is 4.35. The average molecular weight is 295 g/mol. The van der Waals surface area contributed by atoms with Gasteiger partial charge in [0.1, 0.15) is 0 Å². The summed E-state index contributed by atoms with van der Waals surface area (Å²) in [6.45, 7) is 5.85. The number of hydrogen-bond acceptors (Lipinski definition) is 2. The van der Waals surface area contributed by atoms with Gasteiger partial charge in [-0.3, -0.25) is 4.79 Å². The minimum atomic E-state index is -0.270. The molecule has 1 fully saturated rings. The molecule has 0 saturated carbocycles. The Labute approximate surface area is 126 Å². The van der Waals surface area contributed by atoms with Gasteiger partial charge in [-0.05, 0) is 44.4 Å².